The number of hydrogen-bond acceptors (Lipinski definition) is 1. The van der Waals surface area contributed by atoms with Crippen LogP contribution in [-0.4, -0.2) is 50.1 Å². The Hall–Kier alpha value is 0.828. The van der Waals surface area contributed by atoms with E-state index in [1.165, 1.54) is 0 Å². The fourth-order valence-corrected chi connectivity index (χ4v) is 3.07. The third kappa shape index (κ3) is 1.65. The maximum absolute atomic E-state index is 10.3. The Morgan fingerprint density at radius 1 is 1.71 bits per heavy atom. The third-order valence-electron chi connectivity index (χ3n) is 0.383. The van der Waals surface area contributed by atoms with Crippen LogP contribution in [0.15, 0.2) is 3.96 Å². The molecular weight excluding hydrogens is 293 g/mol. The van der Waals surface area contributed by atoms with Gasteiger partial charge in [0.2, 0.25) is 0 Å². The third-order valence-corrected chi connectivity index (χ3v) is 5.24. The van der Waals surface area contributed by atoms with Crippen molar-refractivity contribution in [1.29, 1.82) is 0 Å². The Kier molecular flexibility index (Phi) is 2.04. The topological polar surface area (TPSA) is 34.4 Å². The van der Waals surface area contributed by atoms with Gasteiger partial charge in [-0.05, 0) is 0 Å². The molecule has 0 atom stereocenters. The van der Waals surface area contributed by atoms with Crippen molar-refractivity contribution in [2.24, 2.45) is 3.96 Å². The van der Waals surface area contributed by atoms with E-state index in [-0.39, 0.29) is 6.03 Å². The molecule has 0 unspecified atom stereocenters. The number of carbonyl (C=O) groups excluding carboxylic acids is 1. The van der Waals surface area contributed by atoms with Crippen LogP contribution in [0.2, 0.25) is 0 Å². The number of amides is 1. The van der Waals surface area contributed by atoms with Crippen LogP contribution in [0.3, 0.4) is 0 Å². The van der Waals surface area contributed by atoms with Crippen LogP contribution in [-0.2, 0) is 0 Å². The van der Waals surface area contributed by atoms with Gasteiger partial charge in [0.25, 0.3) is 0 Å². The second kappa shape index (κ2) is 2.40. The van der Waals surface area contributed by atoms with Gasteiger partial charge in [-0.2, -0.15) is 0 Å². The molecule has 0 N–H and O–H groups in total. The first-order valence-corrected chi connectivity index (χ1v) is 8.00. The summed E-state index contributed by atoms with van der Waals surface area (Å²) in [6.45, 7) is 0. The predicted molar refractivity (Wildman–Crippen MR) is 27.3 cm³/mol. The summed E-state index contributed by atoms with van der Waals surface area (Å²) >= 11 is 3.31. The molecule has 0 radical (unpaired) electrons. The van der Waals surface area contributed by atoms with Crippen molar-refractivity contribution in [2.45, 2.75) is 0 Å². The minimum absolute atomic E-state index is 0.0833. The van der Waals surface area contributed by atoms with Gasteiger partial charge in [0.05, 0.1) is 0 Å². The quantitative estimate of drug-likeness (QED) is 0.561. The Balaban J connectivity index is 2.62. The summed E-state index contributed by atoms with van der Waals surface area (Å²) in [5.74, 6) is 0. The van der Waals surface area contributed by atoms with Crippen molar-refractivity contribution in [3.05, 3.63) is 0 Å². The molecule has 1 amide bonds. The van der Waals surface area contributed by atoms with Crippen LogP contribution >= 0.6 is 0 Å². The normalized spacial score (nSPS) is 9.14. The van der Waals surface area contributed by atoms with Gasteiger partial charge in [0, 0.05) is 0 Å². The molecule has 0 fully saturated rings. The van der Waals surface area contributed by atoms with Gasteiger partial charge in [-0.3, -0.25) is 0 Å². The van der Waals surface area contributed by atoms with E-state index in [2.05, 4.69) is 19.8 Å². The molecule has 1 heterocycles. The molecule has 0 spiro atoms. The second-order valence-corrected chi connectivity index (χ2v) is 7.74. The molecule has 38 valence electrons. The molecule has 6 heteroatoms. The molecule has 1 aromatic rings. The van der Waals surface area contributed by atoms with Crippen LogP contribution < -0.4 is 0 Å². The molecule has 0 aromatic carbocycles. The van der Waals surface area contributed by atoms with Crippen molar-refractivity contribution in [3.63, 3.8) is 0 Å². The van der Waals surface area contributed by atoms with Gasteiger partial charge in [-0.15, -0.1) is 0 Å². The molecule has 0 aliphatic rings. The molecule has 0 bridgehead atoms. The van der Waals surface area contributed by atoms with E-state index >= 15 is 0 Å². The van der Waals surface area contributed by atoms with Crippen molar-refractivity contribution >= 4 is 47.6 Å². The van der Waals surface area contributed by atoms with E-state index in [9.17, 15) is 4.79 Å². The summed E-state index contributed by atoms with van der Waals surface area (Å²) in [6, 6.07) is -0.0833. The molecule has 0 aliphatic carbocycles. The van der Waals surface area contributed by atoms with Crippen LogP contribution in [0.25, 0.3) is 0 Å². The Labute approximate surface area is 58.8 Å². The number of carbonyl (C=O) groups is 1. The first kappa shape index (κ1) is 5.96. The van der Waals surface area contributed by atoms with Gasteiger partial charge >= 0.3 is 58.9 Å². The molecule has 0 saturated heterocycles. The monoisotopic (exact) mass is 296 g/mol. The van der Waals surface area contributed by atoms with Crippen LogP contribution in [0.4, 0.5) is 4.79 Å². The van der Waals surface area contributed by atoms with Gasteiger partial charge in [0.1, 0.15) is 0 Å². The second-order valence-electron chi connectivity index (χ2n) is 0.780. The first-order chi connectivity index (χ1) is 3.34. The van der Waals surface area contributed by atoms with E-state index in [1.54, 1.807) is 2.56 Å². The first-order valence-electron chi connectivity index (χ1n) is 1.37. The Morgan fingerprint density at radius 3 is 2.43 bits per heavy atom. The Morgan fingerprint density at radius 2 is 2.29 bits per heavy atom. The van der Waals surface area contributed by atoms with Gasteiger partial charge in [-0.25, -0.2) is 0 Å². The number of nitrogens with zero attached hydrogens (tertiary/aromatic N) is 2. The maximum atomic E-state index is 10.3. The molecule has 1 aromatic heterocycles. The molecule has 7 heavy (non-hydrogen) atoms. The predicted octanol–water partition coefficient (Wildman–Crippen LogP) is -1.08. The minimum atomic E-state index is -0.0833. The zero-order chi connectivity index (χ0) is 5.28. The van der Waals surface area contributed by atoms with Crippen LogP contribution in [0.1, 0.15) is 0 Å². The van der Waals surface area contributed by atoms with E-state index in [0.29, 0.717) is 25.7 Å². The van der Waals surface area contributed by atoms with Crippen molar-refractivity contribution in [2.75, 3.05) is 0 Å². The molecule has 0 aliphatic heterocycles. The van der Waals surface area contributed by atoms with Gasteiger partial charge in [-0.1, -0.05) is 0 Å². The average molecular weight is 293 g/mol. The standard InChI is InChI=1S/CN2OSe3/c4-1(2-5)3-6-7-3. The van der Waals surface area contributed by atoms with E-state index in [0.717, 1.165) is 0 Å². The zero-order valence-corrected chi connectivity index (χ0v) is 8.17. The zero-order valence-electron chi connectivity index (χ0n) is 3.03. The molecule has 0 saturated carbocycles. The van der Waals surface area contributed by atoms with Gasteiger partial charge in [0.15, 0.2) is 0 Å². The number of aromatic nitrogens is 1. The SMILES string of the molecule is O=C(N=[Se])n1[se][se]1. The summed E-state index contributed by atoms with van der Waals surface area (Å²) < 4.78 is 5.10. The summed E-state index contributed by atoms with van der Waals surface area (Å²) in [4.78, 5) is 10.3. The number of hydrogen-bond donors (Lipinski definition) is 0. The summed E-state index contributed by atoms with van der Waals surface area (Å²) in [5.41, 5.74) is 0. The van der Waals surface area contributed by atoms with E-state index < -0.39 is 0 Å². The van der Waals surface area contributed by atoms with Crippen molar-refractivity contribution < 1.29 is 4.79 Å². The Bertz CT molecular complexity index is 162. The van der Waals surface area contributed by atoms with E-state index in [4.69, 9.17) is 0 Å². The van der Waals surface area contributed by atoms with Crippen LogP contribution in [0.5, 0.6) is 0 Å². The van der Waals surface area contributed by atoms with Crippen molar-refractivity contribution in [1.82, 2.24) is 2.56 Å². The van der Waals surface area contributed by atoms with E-state index in [1.807, 2.05) is 0 Å². The molecule has 3 nitrogen and oxygen atoms in total. The van der Waals surface area contributed by atoms with Crippen LogP contribution in [0, 0.1) is 0 Å². The number of rotatable bonds is 0. The fraction of sp³-hybridized carbons (Fsp3) is 0. The summed E-state index contributed by atoms with van der Waals surface area (Å²) in [5, 5.41) is 0. The molecular formula is CN2OSe3. The average Bonchev–Trinajstić information content (AvgIpc) is 2.44. The molecule has 1 rings (SSSR count). The van der Waals surface area contributed by atoms with Crippen molar-refractivity contribution in [3.8, 4) is 0 Å². The summed E-state index contributed by atoms with van der Waals surface area (Å²) in [6.07, 6.45) is 0. The summed E-state index contributed by atoms with van der Waals surface area (Å²) in [7, 11) is 0. The fourth-order valence-electron chi connectivity index (χ4n) is 0.114. The van der Waals surface area contributed by atoms with Gasteiger partial charge < -0.3 is 0 Å².